The Kier molecular flexibility index (Phi) is 11.1. The topological polar surface area (TPSA) is 85.6 Å². The van der Waals surface area contributed by atoms with Crippen LogP contribution in [0.1, 0.15) is 38.1 Å². The Morgan fingerprint density at radius 3 is 2.84 bits per heavy atom. The summed E-state index contributed by atoms with van der Waals surface area (Å²) in [6.07, 6.45) is 5.98. The van der Waals surface area contributed by atoms with Gasteiger partial charge in [0.1, 0.15) is 17.9 Å². The number of guanidine groups is 1. The standard InChI is InChI=1S/C22H34N6O2.HI/c1-4-21-27-25-16-28(21)14-13-24-22(26-17(2)20-6-5-15-30-20)23-12-11-18-7-9-19(29-3)10-8-18;/h7-10,16-17,20H,4-6,11-15H2,1-3H3,(H2,23,24,26);1H. The molecule has 0 radical (unpaired) electrons. The molecular formula is C22H35IN6O2. The molecule has 31 heavy (non-hydrogen) atoms. The third-order valence-corrected chi connectivity index (χ3v) is 5.37. The maximum atomic E-state index is 5.83. The van der Waals surface area contributed by atoms with E-state index in [0.29, 0.717) is 6.54 Å². The first-order valence-electron chi connectivity index (χ1n) is 10.9. The fraction of sp³-hybridized carbons (Fsp3) is 0.591. The third-order valence-electron chi connectivity index (χ3n) is 5.37. The highest BCUT2D eigenvalue weighted by Gasteiger charge is 2.23. The number of hydrogen-bond donors (Lipinski definition) is 2. The van der Waals surface area contributed by atoms with E-state index in [1.807, 2.05) is 12.1 Å². The minimum absolute atomic E-state index is 0. The number of aliphatic imine (C=N–C) groups is 1. The molecule has 1 fully saturated rings. The van der Waals surface area contributed by atoms with Crippen LogP contribution in [0.15, 0.2) is 35.6 Å². The van der Waals surface area contributed by atoms with E-state index >= 15 is 0 Å². The van der Waals surface area contributed by atoms with Crippen molar-refractivity contribution >= 4 is 29.9 Å². The number of nitrogens with zero attached hydrogens (tertiary/aromatic N) is 4. The predicted molar refractivity (Wildman–Crippen MR) is 133 cm³/mol. The van der Waals surface area contributed by atoms with Crippen LogP contribution in [0.5, 0.6) is 5.75 Å². The molecular weight excluding hydrogens is 507 g/mol. The van der Waals surface area contributed by atoms with Crippen LogP contribution in [0, 0.1) is 0 Å². The minimum atomic E-state index is 0. The van der Waals surface area contributed by atoms with Crippen molar-refractivity contribution in [3.05, 3.63) is 42.0 Å². The fourth-order valence-electron chi connectivity index (χ4n) is 3.58. The van der Waals surface area contributed by atoms with Gasteiger partial charge in [0.25, 0.3) is 0 Å². The molecule has 2 N–H and O–H groups in total. The summed E-state index contributed by atoms with van der Waals surface area (Å²) in [5.41, 5.74) is 1.24. The molecule has 2 unspecified atom stereocenters. The van der Waals surface area contributed by atoms with Gasteiger partial charge in [-0.1, -0.05) is 19.1 Å². The number of rotatable bonds is 10. The monoisotopic (exact) mass is 542 g/mol. The number of hydrogen-bond acceptors (Lipinski definition) is 5. The van der Waals surface area contributed by atoms with Gasteiger partial charge in [0, 0.05) is 32.7 Å². The molecule has 0 spiro atoms. The second-order valence-electron chi connectivity index (χ2n) is 7.53. The Morgan fingerprint density at radius 1 is 1.35 bits per heavy atom. The molecule has 9 heteroatoms. The van der Waals surface area contributed by atoms with Gasteiger partial charge in [-0.3, -0.25) is 4.99 Å². The van der Waals surface area contributed by atoms with Gasteiger partial charge >= 0.3 is 0 Å². The largest absolute Gasteiger partial charge is 0.497 e. The van der Waals surface area contributed by atoms with Crippen LogP contribution in [-0.4, -0.2) is 59.7 Å². The molecule has 1 aromatic heterocycles. The van der Waals surface area contributed by atoms with Gasteiger partial charge < -0.3 is 24.7 Å². The average Bonchev–Trinajstić information content (AvgIpc) is 3.46. The van der Waals surface area contributed by atoms with E-state index in [4.69, 9.17) is 14.5 Å². The maximum Gasteiger partial charge on any atom is 0.191 e. The predicted octanol–water partition coefficient (Wildman–Crippen LogP) is 2.81. The molecule has 2 atom stereocenters. The highest BCUT2D eigenvalue weighted by molar-refractivity contribution is 14.0. The molecule has 1 aromatic carbocycles. The molecule has 0 aliphatic carbocycles. The number of nitrogens with one attached hydrogen (secondary N) is 2. The second kappa shape index (κ2) is 13.5. The van der Waals surface area contributed by atoms with Crippen LogP contribution < -0.4 is 15.4 Å². The van der Waals surface area contributed by atoms with Crippen molar-refractivity contribution in [1.29, 1.82) is 0 Å². The Morgan fingerprint density at radius 2 is 2.16 bits per heavy atom. The zero-order chi connectivity index (χ0) is 21.2. The van der Waals surface area contributed by atoms with Crippen molar-refractivity contribution in [1.82, 2.24) is 25.4 Å². The van der Waals surface area contributed by atoms with E-state index in [-0.39, 0.29) is 36.1 Å². The molecule has 8 nitrogen and oxygen atoms in total. The Hall–Kier alpha value is -1.88. The summed E-state index contributed by atoms with van der Waals surface area (Å²) in [5.74, 6) is 2.69. The van der Waals surface area contributed by atoms with Gasteiger partial charge in [-0.2, -0.15) is 0 Å². The highest BCUT2D eigenvalue weighted by atomic mass is 127. The lowest BCUT2D eigenvalue weighted by Gasteiger charge is -2.23. The van der Waals surface area contributed by atoms with Crippen molar-refractivity contribution in [2.24, 2.45) is 4.99 Å². The Balaban J connectivity index is 0.00000341. The molecule has 2 aromatic rings. The van der Waals surface area contributed by atoms with Crippen molar-refractivity contribution < 1.29 is 9.47 Å². The maximum absolute atomic E-state index is 5.83. The van der Waals surface area contributed by atoms with Gasteiger partial charge in [-0.25, -0.2) is 0 Å². The summed E-state index contributed by atoms with van der Waals surface area (Å²) < 4.78 is 13.1. The molecule has 172 valence electrons. The van der Waals surface area contributed by atoms with Crippen molar-refractivity contribution in [3.8, 4) is 5.75 Å². The van der Waals surface area contributed by atoms with Crippen molar-refractivity contribution in [2.45, 2.75) is 58.2 Å². The smallest absolute Gasteiger partial charge is 0.191 e. The lowest BCUT2D eigenvalue weighted by Crippen LogP contribution is -2.47. The Labute approximate surface area is 202 Å². The summed E-state index contributed by atoms with van der Waals surface area (Å²) >= 11 is 0. The van der Waals surface area contributed by atoms with Crippen LogP contribution in [0.4, 0.5) is 0 Å². The number of methoxy groups -OCH3 is 1. The van der Waals surface area contributed by atoms with Gasteiger partial charge in [0.2, 0.25) is 0 Å². The SMILES string of the molecule is CCc1nncn1CCNC(=NCCc1ccc(OC)cc1)NC(C)C1CCCO1.I. The molecule has 2 heterocycles. The molecule has 1 saturated heterocycles. The van der Waals surface area contributed by atoms with E-state index in [0.717, 1.165) is 62.9 Å². The van der Waals surface area contributed by atoms with Crippen molar-refractivity contribution in [3.63, 3.8) is 0 Å². The van der Waals surface area contributed by atoms with Crippen LogP contribution in [0.2, 0.25) is 0 Å². The molecule has 3 rings (SSSR count). The summed E-state index contributed by atoms with van der Waals surface area (Å²) in [4.78, 5) is 4.80. The quantitative estimate of drug-likeness (QED) is 0.273. The third kappa shape index (κ3) is 7.95. The van der Waals surface area contributed by atoms with Crippen molar-refractivity contribution in [2.75, 3.05) is 26.8 Å². The van der Waals surface area contributed by atoms with E-state index in [1.54, 1.807) is 13.4 Å². The number of ether oxygens (including phenoxy) is 2. The normalized spacial score (nSPS) is 17.1. The van der Waals surface area contributed by atoms with E-state index in [2.05, 4.69) is 51.4 Å². The van der Waals surface area contributed by atoms with Crippen LogP contribution in [-0.2, 0) is 24.1 Å². The minimum Gasteiger partial charge on any atom is -0.497 e. The second-order valence-corrected chi connectivity index (χ2v) is 7.53. The van der Waals surface area contributed by atoms with Crippen LogP contribution in [0.3, 0.4) is 0 Å². The summed E-state index contributed by atoms with van der Waals surface area (Å²) in [5, 5.41) is 15.1. The summed E-state index contributed by atoms with van der Waals surface area (Å²) in [7, 11) is 1.68. The average molecular weight is 542 g/mol. The number of aromatic nitrogens is 3. The van der Waals surface area contributed by atoms with Crippen LogP contribution >= 0.6 is 24.0 Å². The number of benzene rings is 1. The zero-order valence-electron chi connectivity index (χ0n) is 18.7. The fourth-order valence-corrected chi connectivity index (χ4v) is 3.58. The lowest BCUT2D eigenvalue weighted by molar-refractivity contribution is 0.0890. The lowest BCUT2D eigenvalue weighted by atomic mass is 10.1. The van der Waals surface area contributed by atoms with Crippen LogP contribution in [0.25, 0.3) is 0 Å². The molecule has 0 bridgehead atoms. The number of halogens is 1. The van der Waals surface area contributed by atoms with Gasteiger partial charge in [-0.15, -0.1) is 34.2 Å². The first-order chi connectivity index (χ1) is 14.7. The first-order valence-corrected chi connectivity index (χ1v) is 10.9. The molecule has 1 aliphatic rings. The number of aryl methyl sites for hydroxylation is 1. The first kappa shape index (κ1) is 25.4. The summed E-state index contributed by atoms with van der Waals surface area (Å²) in [6.45, 7) is 7.34. The van der Waals surface area contributed by atoms with E-state index in [9.17, 15) is 0 Å². The van der Waals surface area contributed by atoms with Gasteiger partial charge in [0.05, 0.1) is 19.3 Å². The van der Waals surface area contributed by atoms with E-state index < -0.39 is 0 Å². The van der Waals surface area contributed by atoms with E-state index in [1.165, 1.54) is 5.56 Å². The zero-order valence-corrected chi connectivity index (χ0v) is 21.0. The summed E-state index contributed by atoms with van der Waals surface area (Å²) in [6, 6.07) is 8.35. The van der Waals surface area contributed by atoms with Gasteiger partial charge in [-0.05, 0) is 43.9 Å². The molecule has 0 amide bonds. The molecule has 0 saturated carbocycles. The van der Waals surface area contributed by atoms with Gasteiger partial charge in [0.15, 0.2) is 5.96 Å². The molecule has 1 aliphatic heterocycles. The Bertz CT molecular complexity index is 790. The highest BCUT2D eigenvalue weighted by Crippen LogP contribution is 2.15.